The molecule has 0 amide bonds. The molecule has 0 saturated carbocycles. The third-order valence-electron chi connectivity index (χ3n) is 2.85. The molecule has 0 spiro atoms. The molecule has 3 N–H and O–H groups in total. The maximum atomic E-state index is 5.83. The Bertz CT molecular complexity index is 706. The van der Waals surface area contributed by atoms with E-state index >= 15 is 0 Å². The SMILES string of the molecule is Nn1nnc(-c2ccccc2)c1Nc1ccc(Br)cc1. The summed E-state index contributed by atoms with van der Waals surface area (Å²) in [6.45, 7) is 0. The lowest BCUT2D eigenvalue weighted by Gasteiger charge is -2.08. The van der Waals surface area contributed by atoms with Crippen molar-refractivity contribution >= 4 is 27.4 Å². The van der Waals surface area contributed by atoms with Gasteiger partial charge in [-0.1, -0.05) is 46.3 Å². The molecule has 0 bridgehead atoms. The molecule has 1 aromatic heterocycles. The Balaban J connectivity index is 1.97. The summed E-state index contributed by atoms with van der Waals surface area (Å²) in [6.07, 6.45) is 0. The molecule has 0 fully saturated rings. The van der Waals surface area contributed by atoms with E-state index in [1.165, 1.54) is 4.79 Å². The first-order valence-corrected chi connectivity index (χ1v) is 6.82. The minimum absolute atomic E-state index is 0.651. The predicted octanol–water partition coefficient (Wildman–Crippen LogP) is 3.17. The van der Waals surface area contributed by atoms with Gasteiger partial charge in [0.2, 0.25) is 0 Å². The van der Waals surface area contributed by atoms with Crippen LogP contribution < -0.4 is 11.2 Å². The second kappa shape index (κ2) is 5.34. The number of nitrogen functional groups attached to an aromatic ring is 1. The van der Waals surface area contributed by atoms with E-state index in [0.717, 1.165) is 21.4 Å². The molecule has 0 radical (unpaired) electrons. The molecule has 100 valence electrons. The summed E-state index contributed by atoms with van der Waals surface area (Å²) in [5.41, 5.74) is 2.60. The van der Waals surface area contributed by atoms with Gasteiger partial charge in [0.1, 0.15) is 5.69 Å². The average Bonchev–Trinajstić information content (AvgIpc) is 2.84. The smallest absolute Gasteiger partial charge is 0.180 e. The Morgan fingerprint density at radius 2 is 1.70 bits per heavy atom. The molecule has 6 heteroatoms. The average molecular weight is 330 g/mol. The van der Waals surface area contributed by atoms with Gasteiger partial charge in [0.25, 0.3) is 0 Å². The number of aromatic nitrogens is 3. The fraction of sp³-hybridized carbons (Fsp3) is 0. The maximum absolute atomic E-state index is 5.83. The fourth-order valence-corrected chi connectivity index (χ4v) is 2.13. The van der Waals surface area contributed by atoms with Crippen LogP contribution in [0, 0.1) is 0 Å². The van der Waals surface area contributed by atoms with Crippen LogP contribution in [0.15, 0.2) is 59.1 Å². The van der Waals surface area contributed by atoms with Gasteiger partial charge in [0, 0.05) is 15.7 Å². The molecule has 0 aliphatic rings. The van der Waals surface area contributed by atoms with Crippen molar-refractivity contribution < 1.29 is 0 Å². The lowest BCUT2D eigenvalue weighted by atomic mass is 10.1. The highest BCUT2D eigenvalue weighted by Crippen LogP contribution is 2.27. The molecule has 0 aliphatic heterocycles. The molecule has 1 heterocycles. The van der Waals surface area contributed by atoms with E-state index in [0.29, 0.717) is 5.82 Å². The molecule has 20 heavy (non-hydrogen) atoms. The Morgan fingerprint density at radius 1 is 1.00 bits per heavy atom. The maximum Gasteiger partial charge on any atom is 0.180 e. The highest BCUT2D eigenvalue weighted by molar-refractivity contribution is 9.10. The van der Waals surface area contributed by atoms with E-state index in [9.17, 15) is 0 Å². The molecule has 3 aromatic rings. The van der Waals surface area contributed by atoms with Crippen LogP contribution in [-0.2, 0) is 0 Å². The van der Waals surface area contributed by atoms with E-state index in [1.807, 2.05) is 54.6 Å². The number of hydrogen-bond acceptors (Lipinski definition) is 4. The Morgan fingerprint density at radius 3 is 2.40 bits per heavy atom. The molecule has 0 saturated heterocycles. The summed E-state index contributed by atoms with van der Waals surface area (Å²) in [4.78, 5) is 1.24. The van der Waals surface area contributed by atoms with Gasteiger partial charge < -0.3 is 11.2 Å². The topological polar surface area (TPSA) is 68.8 Å². The predicted molar refractivity (Wildman–Crippen MR) is 83.0 cm³/mol. The zero-order valence-electron chi connectivity index (χ0n) is 10.5. The normalized spacial score (nSPS) is 10.4. The quantitative estimate of drug-likeness (QED) is 0.724. The number of rotatable bonds is 3. The van der Waals surface area contributed by atoms with Gasteiger partial charge in [-0.3, -0.25) is 0 Å². The van der Waals surface area contributed by atoms with Crippen LogP contribution in [0.25, 0.3) is 11.3 Å². The van der Waals surface area contributed by atoms with Crippen molar-refractivity contribution in [3.8, 4) is 11.3 Å². The minimum atomic E-state index is 0.651. The van der Waals surface area contributed by atoms with Crippen molar-refractivity contribution in [2.45, 2.75) is 0 Å². The van der Waals surface area contributed by atoms with Gasteiger partial charge >= 0.3 is 0 Å². The minimum Gasteiger partial charge on any atom is -0.337 e. The number of hydrogen-bond donors (Lipinski definition) is 2. The number of nitrogens with zero attached hydrogens (tertiary/aromatic N) is 3. The van der Waals surface area contributed by atoms with Gasteiger partial charge in [-0.25, -0.2) is 0 Å². The van der Waals surface area contributed by atoms with Gasteiger partial charge in [0.15, 0.2) is 5.82 Å². The van der Waals surface area contributed by atoms with Gasteiger partial charge in [-0.2, -0.15) is 0 Å². The molecule has 0 aliphatic carbocycles. The molecule has 2 aromatic carbocycles. The Hall–Kier alpha value is -2.34. The summed E-state index contributed by atoms with van der Waals surface area (Å²) in [6, 6.07) is 17.6. The van der Waals surface area contributed by atoms with E-state index in [4.69, 9.17) is 5.84 Å². The van der Waals surface area contributed by atoms with Crippen molar-refractivity contribution in [1.29, 1.82) is 0 Å². The summed E-state index contributed by atoms with van der Waals surface area (Å²) >= 11 is 3.41. The summed E-state index contributed by atoms with van der Waals surface area (Å²) in [5, 5.41) is 11.2. The highest BCUT2D eigenvalue weighted by Gasteiger charge is 2.13. The van der Waals surface area contributed by atoms with Gasteiger partial charge in [-0.05, 0) is 29.5 Å². The highest BCUT2D eigenvalue weighted by atomic mass is 79.9. The van der Waals surface area contributed by atoms with E-state index in [1.54, 1.807) is 0 Å². The van der Waals surface area contributed by atoms with Crippen LogP contribution in [0.3, 0.4) is 0 Å². The number of benzene rings is 2. The third kappa shape index (κ3) is 2.50. The molecule has 0 unspecified atom stereocenters. The van der Waals surface area contributed by atoms with Crippen molar-refractivity contribution in [1.82, 2.24) is 15.1 Å². The Kier molecular flexibility index (Phi) is 3.39. The van der Waals surface area contributed by atoms with Crippen LogP contribution in [0.5, 0.6) is 0 Å². The zero-order valence-corrected chi connectivity index (χ0v) is 12.1. The van der Waals surface area contributed by atoms with Crippen LogP contribution >= 0.6 is 15.9 Å². The second-order valence-corrected chi connectivity index (χ2v) is 5.14. The molecular weight excluding hydrogens is 318 g/mol. The zero-order chi connectivity index (χ0) is 13.9. The van der Waals surface area contributed by atoms with Crippen LogP contribution in [0.4, 0.5) is 11.5 Å². The van der Waals surface area contributed by atoms with E-state index in [-0.39, 0.29) is 0 Å². The molecule has 0 atom stereocenters. The number of anilines is 2. The number of nitrogens with one attached hydrogen (secondary N) is 1. The van der Waals surface area contributed by atoms with Crippen LogP contribution in [0.2, 0.25) is 0 Å². The molecule has 5 nitrogen and oxygen atoms in total. The fourth-order valence-electron chi connectivity index (χ4n) is 1.87. The molecular formula is C14H12BrN5. The lowest BCUT2D eigenvalue weighted by molar-refractivity contribution is 0.772. The van der Waals surface area contributed by atoms with E-state index in [2.05, 4.69) is 31.6 Å². The van der Waals surface area contributed by atoms with Crippen molar-refractivity contribution in [3.63, 3.8) is 0 Å². The number of halogens is 1. The second-order valence-electron chi connectivity index (χ2n) is 4.23. The van der Waals surface area contributed by atoms with Crippen LogP contribution in [0.1, 0.15) is 0 Å². The molecule has 3 rings (SSSR count). The first-order chi connectivity index (χ1) is 9.74. The van der Waals surface area contributed by atoms with Crippen molar-refractivity contribution in [2.75, 3.05) is 11.2 Å². The van der Waals surface area contributed by atoms with Gasteiger partial charge in [0.05, 0.1) is 0 Å². The largest absolute Gasteiger partial charge is 0.337 e. The van der Waals surface area contributed by atoms with E-state index < -0.39 is 0 Å². The summed E-state index contributed by atoms with van der Waals surface area (Å²) in [7, 11) is 0. The van der Waals surface area contributed by atoms with Gasteiger partial charge in [-0.15, -0.1) is 9.89 Å². The first-order valence-electron chi connectivity index (χ1n) is 6.03. The third-order valence-corrected chi connectivity index (χ3v) is 3.38. The first kappa shape index (κ1) is 12.7. The van der Waals surface area contributed by atoms with Crippen LogP contribution in [-0.4, -0.2) is 15.1 Å². The number of nitrogens with two attached hydrogens (primary N) is 1. The standard InChI is InChI=1S/C14H12BrN5/c15-11-6-8-12(9-7-11)17-14-13(18-19-20(14)16)10-4-2-1-3-5-10/h1-9,17H,16H2. The summed E-state index contributed by atoms with van der Waals surface area (Å²) < 4.78 is 1.02. The Labute approximate surface area is 124 Å². The monoisotopic (exact) mass is 329 g/mol. The summed E-state index contributed by atoms with van der Waals surface area (Å²) in [5.74, 6) is 6.48. The lowest BCUT2D eigenvalue weighted by Crippen LogP contribution is -2.13. The van der Waals surface area contributed by atoms with Crippen molar-refractivity contribution in [2.24, 2.45) is 0 Å². The van der Waals surface area contributed by atoms with Crippen molar-refractivity contribution in [3.05, 3.63) is 59.1 Å².